The first-order chi connectivity index (χ1) is 12.2. The van der Waals surface area contributed by atoms with Crippen molar-refractivity contribution in [2.45, 2.75) is 45.3 Å². The molecule has 25 heavy (non-hydrogen) atoms. The van der Waals surface area contributed by atoms with Crippen LogP contribution in [0.2, 0.25) is 0 Å². The van der Waals surface area contributed by atoms with Crippen LogP contribution in [0.25, 0.3) is 0 Å². The van der Waals surface area contributed by atoms with Gasteiger partial charge in [0.2, 0.25) is 0 Å². The van der Waals surface area contributed by atoms with Crippen LogP contribution in [0.4, 0.5) is 5.82 Å². The first kappa shape index (κ1) is 17.4. The zero-order valence-corrected chi connectivity index (χ0v) is 14.4. The second-order valence-corrected chi connectivity index (χ2v) is 6.36. The highest BCUT2D eigenvalue weighted by Crippen LogP contribution is 2.18. The lowest BCUT2D eigenvalue weighted by Gasteiger charge is -2.30. The number of nitrogens with one attached hydrogen (secondary N) is 1. The molecule has 1 amide bonds. The maximum atomic E-state index is 12.2. The number of rotatable bonds is 6. The molecule has 1 fully saturated rings. The summed E-state index contributed by atoms with van der Waals surface area (Å²) in [5, 5.41) is 16.5. The van der Waals surface area contributed by atoms with Gasteiger partial charge in [0, 0.05) is 25.4 Å². The predicted molar refractivity (Wildman–Crippen MR) is 93.4 cm³/mol. The van der Waals surface area contributed by atoms with Crippen molar-refractivity contribution in [1.82, 2.24) is 15.5 Å². The van der Waals surface area contributed by atoms with Gasteiger partial charge in [-0.05, 0) is 31.4 Å². The van der Waals surface area contributed by atoms with E-state index < -0.39 is 0 Å². The van der Waals surface area contributed by atoms with Crippen molar-refractivity contribution >= 4 is 11.7 Å². The lowest BCUT2D eigenvalue weighted by Crippen LogP contribution is -2.38. The molecule has 0 bridgehead atoms. The van der Waals surface area contributed by atoms with Gasteiger partial charge in [-0.3, -0.25) is 4.79 Å². The number of aromatic nitrogens is 2. The highest BCUT2D eigenvalue weighted by Gasteiger charge is 2.19. The fourth-order valence-electron chi connectivity index (χ4n) is 2.95. The maximum Gasteiger partial charge on any atom is 0.253 e. The highest BCUT2D eigenvalue weighted by atomic mass is 16.5. The molecule has 134 valence electrons. The van der Waals surface area contributed by atoms with Crippen LogP contribution in [-0.4, -0.2) is 40.3 Å². The van der Waals surface area contributed by atoms with Crippen LogP contribution in [0, 0.1) is 0 Å². The largest absolute Gasteiger partial charge is 0.391 e. The Morgan fingerprint density at radius 1 is 1.48 bits per heavy atom. The summed E-state index contributed by atoms with van der Waals surface area (Å²) < 4.78 is 5.20. The number of carbonyl (C=O) groups is 1. The Kier molecular flexibility index (Phi) is 5.65. The number of piperidine rings is 1. The molecule has 2 N–H and O–H groups in total. The summed E-state index contributed by atoms with van der Waals surface area (Å²) in [6.45, 7) is 3.85. The van der Waals surface area contributed by atoms with E-state index in [2.05, 4.69) is 22.4 Å². The summed E-state index contributed by atoms with van der Waals surface area (Å²) in [6, 6.07) is 5.44. The van der Waals surface area contributed by atoms with E-state index in [0.29, 0.717) is 24.4 Å². The molecule has 7 nitrogen and oxygen atoms in total. The molecule has 1 aliphatic rings. The zero-order chi connectivity index (χ0) is 17.6. The number of aliphatic hydroxyl groups is 1. The SMILES string of the molecule is CCCc1cc(CNC(=O)c2ccc(N3CCC[C@H](O)C3)nc2)on1. The van der Waals surface area contributed by atoms with E-state index in [-0.39, 0.29) is 12.0 Å². The molecule has 0 aromatic carbocycles. The number of hydrogen-bond donors (Lipinski definition) is 2. The molecular weight excluding hydrogens is 320 g/mol. The van der Waals surface area contributed by atoms with Crippen molar-refractivity contribution in [3.05, 3.63) is 41.4 Å². The number of β-amino-alcohol motifs (C(OH)–C–C–N with tert-alkyl or cyclic N) is 1. The third-order valence-electron chi connectivity index (χ3n) is 4.27. The van der Waals surface area contributed by atoms with Gasteiger partial charge in [-0.25, -0.2) is 4.98 Å². The molecule has 0 saturated carbocycles. The molecule has 0 unspecified atom stereocenters. The average Bonchev–Trinajstić information content (AvgIpc) is 3.08. The molecule has 3 heterocycles. The van der Waals surface area contributed by atoms with E-state index in [1.54, 1.807) is 12.3 Å². The Hall–Kier alpha value is -2.41. The Labute approximate surface area is 147 Å². The van der Waals surface area contributed by atoms with Crippen LogP contribution >= 0.6 is 0 Å². The van der Waals surface area contributed by atoms with Crippen molar-refractivity contribution in [3.63, 3.8) is 0 Å². The van der Waals surface area contributed by atoms with Gasteiger partial charge < -0.3 is 19.8 Å². The van der Waals surface area contributed by atoms with Crippen molar-refractivity contribution in [2.24, 2.45) is 0 Å². The van der Waals surface area contributed by atoms with Gasteiger partial charge >= 0.3 is 0 Å². The Morgan fingerprint density at radius 3 is 3.08 bits per heavy atom. The smallest absolute Gasteiger partial charge is 0.253 e. The van der Waals surface area contributed by atoms with E-state index in [1.165, 1.54) is 0 Å². The Balaban J connectivity index is 1.55. The first-order valence-corrected chi connectivity index (χ1v) is 8.77. The summed E-state index contributed by atoms with van der Waals surface area (Å²) >= 11 is 0. The molecule has 0 spiro atoms. The van der Waals surface area contributed by atoms with E-state index in [1.807, 2.05) is 17.0 Å². The van der Waals surface area contributed by atoms with Gasteiger partial charge in [0.25, 0.3) is 5.91 Å². The molecule has 0 radical (unpaired) electrons. The summed E-state index contributed by atoms with van der Waals surface area (Å²) in [6.07, 6.45) is 4.91. The summed E-state index contributed by atoms with van der Waals surface area (Å²) in [4.78, 5) is 18.6. The normalized spacial score (nSPS) is 17.5. The lowest BCUT2D eigenvalue weighted by atomic mass is 10.1. The van der Waals surface area contributed by atoms with Crippen LogP contribution in [0.3, 0.4) is 0 Å². The summed E-state index contributed by atoms with van der Waals surface area (Å²) in [7, 11) is 0. The number of anilines is 1. The van der Waals surface area contributed by atoms with Gasteiger partial charge in [0.05, 0.1) is 23.9 Å². The number of amides is 1. The van der Waals surface area contributed by atoms with Gasteiger partial charge in [-0.15, -0.1) is 0 Å². The molecule has 1 saturated heterocycles. The Bertz CT molecular complexity index is 699. The van der Waals surface area contributed by atoms with Crippen molar-refractivity contribution < 1.29 is 14.4 Å². The van der Waals surface area contributed by atoms with Crippen molar-refractivity contribution in [1.29, 1.82) is 0 Å². The van der Waals surface area contributed by atoms with Gasteiger partial charge in [-0.1, -0.05) is 18.5 Å². The summed E-state index contributed by atoms with van der Waals surface area (Å²) in [5.41, 5.74) is 1.40. The van der Waals surface area contributed by atoms with Crippen LogP contribution in [0.1, 0.15) is 48.0 Å². The quantitative estimate of drug-likeness (QED) is 0.832. The number of aryl methyl sites for hydroxylation is 1. The molecule has 3 rings (SSSR count). The van der Waals surface area contributed by atoms with Crippen LogP contribution in [-0.2, 0) is 13.0 Å². The average molecular weight is 344 g/mol. The minimum atomic E-state index is -0.307. The third kappa shape index (κ3) is 4.57. The number of pyridine rings is 1. The number of hydrogen-bond acceptors (Lipinski definition) is 6. The first-order valence-electron chi connectivity index (χ1n) is 8.77. The lowest BCUT2D eigenvalue weighted by molar-refractivity contribution is 0.0946. The molecular formula is C18H24N4O3. The third-order valence-corrected chi connectivity index (χ3v) is 4.27. The Morgan fingerprint density at radius 2 is 2.36 bits per heavy atom. The van der Waals surface area contributed by atoms with Crippen molar-refractivity contribution in [2.75, 3.05) is 18.0 Å². The van der Waals surface area contributed by atoms with E-state index in [0.717, 1.165) is 43.7 Å². The molecule has 2 aromatic heterocycles. The second-order valence-electron chi connectivity index (χ2n) is 6.36. The van der Waals surface area contributed by atoms with Gasteiger partial charge in [0.15, 0.2) is 5.76 Å². The predicted octanol–water partition coefficient (Wildman–Crippen LogP) is 1.91. The topological polar surface area (TPSA) is 91.5 Å². The minimum absolute atomic E-state index is 0.203. The van der Waals surface area contributed by atoms with Crippen molar-refractivity contribution in [3.8, 4) is 0 Å². The monoisotopic (exact) mass is 344 g/mol. The van der Waals surface area contributed by atoms with Crippen LogP contribution < -0.4 is 10.2 Å². The van der Waals surface area contributed by atoms with Gasteiger partial charge in [-0.2, -0.15) is 0 Å². The molecule has 1 atom stereocenters. The highest BCUT2D eigenvalue weighted by molar-refractivity contribution is 5.93. The number of nitrogens with zero attached hydrogens (tertiary/aromatic N) is 3. The maximum absolute atomic E-state index is 12.2. The van der Waals surface area contributed by atoms with Gasteiger partial charge in [0.1, 0.15) is 5.82 Å². The fourth-order valence-corrected chi connectivity index (χ4v) is 2.95. The van der Waals surface area contributed by atoms with Crippen LogP contribution in [0.5, 0.6) is 0 Å². The molecule has 1 aliphatic heterocycles. The number of aliphatic hydroxyl groups excluding tert-OH is 1. The van der Waals surface area contributed by atoms with E-state index >= 15 is 0 Å². The van der Waals surface area contributed by atoms with E-state index in [4.69, 9.17) is 4.52 Å². The summed E-state index contributed by atoms with van der Waals surface area (Å²) in [5.74, 6) is 1.23. The molecule has 7 heteroatoms. The number of carbonyl (C=O) groups excluding carboxylic acids is 1. The fraction of sp³-hybridized carbons (Fsp3) is 0.500. The standard InChI is InChI=1S/C18H24N4O3/c1-2-4-14-9-16(25-21-14)11-20-18(24)13-6-7-17(19-10-13)22-8-3-5-15(23)12-22/h6-7,9-10,15,23H,2-5,8,11-12H2,1H3,(H,20,24)/t15-/m0/s1. The van der Waals surface area contributed by atoms with E-state index in [9.17, 15) is 9.90 Å². The molecule has 2 aromatic rings. The second kappa shape index (κ2) is 8.11. The molecule has 0 aliphatic carbocycles. The van der Waals surface area contributed by atoms with Crippen LogP contribution in [0.15, 0.2) is 28.9 Å². The minimum Gasteiger partial charge on any atom is -0.391 e. The zero-order valence-electron chi connectivity index (χ0n) is 14.4.